The monoisotopic (exact) mass is 373 g/mol. The predicted octanol–water partition coefficient (Wildman–Crippen LogP) is 4.35. The van der Waals surface area contributed by atoms with Gasteiger partial charge < -0.3 is 4.74 Å². The van der Waals surface area contributed by atoms with Gasteiger partial charge in [0, 0.05) is 6.54 Å². The first kappa shape index (κ1) is 19.5. The van der Waals surface area contributed by atoms with Crippen molar-refractivity contribution in [1.82, 2.24) is 4.90 Å². The van der Waals surface area contributed by atoms with E-state index in [0.29, 0.717) is 25.9 Å². The summed E-state index contributed by atoms with van der Waals surface area (Å²) in [6.45, 7) is 4.28. The molecule has 5 heteroatoms. The lowest BCUT2D eigenvalue weighted by molar-refractivity contribution is -0.158. The zero-order valence-corrected chi connectivity index (χ0v) is 15.6. The third-order valence-corrected chi connectivity index (χ3v) is 5.33. The van der Waals surface area contributed by atoms with Gasteiger partial charge in [-0.2, -0.15) is 0 Å². The molecule has 0 amide bonds. The molecule has 0 bridgehead atoms. The highest BCUT2D eigenvalue weighted by Crippen LogP contribution is 2.38. The van der Waals surface area contributed by atoms with Gasteiger partial charge in [0.25, 0.3) is 0 Å². The standard InChI is InChI=1S/C22H25F2NO2/c1-2-27-21(26)22(15-18-9-6-10-19(23)20(18)24)11-13-25(14-12-22)16-17-7-4-3-5-8-17/h3-10H,2,11-16H2,1H3. The fourth-order valence-electron chi connectivity index (χ4n) is 3.77. The molecule has 1 heterocycles. The maximum atomic E-state index is 14.2. The molecule has 3 rings (SSSR count). The van der Waals surface area contributed by atoms with Crippen molar-refractivity contribution < 1.29 is 18.3 Å². The van der Waals surface area contributed by atoms with Crippen molar-refractivity contribution >= 4 is 5.97 Å². The van der Waals surface area contributed by atoms with Crippen LogP contribution in [0, 0.1) is 17.0 Å². The largest absolute Gasteiger partial charge is 0.466 e. The molecule has 1 fully saturated rings. The fraction of sp³-hybridized carbons (Fsp3) is 0.409. The number of hydrogen-bond donors (Lipinski definition) is 0. The number of hydrogen-bond acceptors (Lipinski definition) is 3. The fourth-order valence-corrected chi connectivity index (χ4v) is 3.77. The number of nitrogens with zero attached hydrogens (tertiary/aromatic N) is 1. The third kappa shape index (κ3) is 4.53. The van der Waals surface area contributed by atoms with Crippen LogP contribution >= 0.6 is 0 Å². The van der Waals surface area contributed by atoms with Crippen LogP contribution in [0.3, 0.4) is 0 Å². The molecular weight excluding hydrogens is 348 g/mol. The van der Waals surface area contributed by atoms with E-state index >= 15 is 0 Å². The second-order valence-corrected chi connectivity index (χ2v) is 7.15. The first-order valence-electron chi connectivity index (χ1n) is 9.40. The van der Waals surface area contributed by atoms with E-state index in [2.05, 4.69) is 17.0 Å². The lowest BCUT2D eigenvalue weighted by Crippen LogP contribution is -2.46. The lowest BCUT2D eigenvalue weighted by atomic mass is 9.73. The summed E-state index contributed by atoms with van der Waals surface area (Å²) in [5.41, 5.74) is 0.648. The predicted molar refractivity (Wildman–Crippen MR) is 100 cm³/mol. The minimum absolute atomic E-state index is 0.161. The second-order valence-electron chi connectivity index (χ2n) is 7.15. The maximum absolute atomic E-state index is 14.2. The number of rotatable bonds is 6. The minimum Gasteiger partial charge on any atom is -0.466 e. The lowest BCUT2D eigenvalue weighted by Gasteiger charge is -2.40. The van der Waals surface area contributed by atoms with Crippen LogP contribution in [-0.2, 0) is 22.5 Å². The molecule has 27 heavy (non-hydrogen) atoms. The van der Waals surface area contributed by atoms with E-state index in [-0.39, 0.29) is 24.6 Å². The van der Waals surface area contributed by atoms with E-state index in [1.165, 1.54) is 11.6 Å². The Morgan fingerprint density at radius 2 is 1.78 bits per heavy atom. The Kier molecular flexibility index (Phi) is 6.22. The van der Waals surface area contributed by atoms with Gasteiger partial charge >= 0.3 is 5.97 Å². The topological polar surface area (TPSA) is 29.5 Å². The molecule has 0 spiro atoms. The summed E-state index contributed by atoms with van der Waals surface area (Å²) >= 11 is 0. The van der Waals surface area contributed by atoms with E-state index in [1.54, 1.807) is 13.0 Å². The Bertz CT molecular complexity index is 771. The number of likely N-dealkylation sites (tertiary alicyclic amines) is 1. The van der Waals surface area contributed by atoms with Gasteiger partial charge in [-0.05, 0) is 56.5 Å². The molecule has 0 aromatic heterocycles. The molecule has 2 aromatic rings. The molecule has 1 aliphatic rings. The summed E-state index contributed by atoms with van der Waals surface area (Å²) in [7, 11) is 0. The molecular formula is C22H25F2NO2. The second kappa shape index (κ2) is 8.61. The van der Waals surface area contributed by atoms with E-state index in [1.807, 2.05) is 18.2 Å². The molecule has 0 unspecified atom stereocenters. The average molecular weight is 373 g/mol. The summed E-state index contributed by atoms with van der Waals surface area (Å²) in [6, 6.07) is 14.3. The van der Waals surface area contributed by atoms with Gasteiger partial charge in [0.15, 0.2) is 11.6 Å². The van der Waals surface area contributed by atoms with Crippen LogP contribution in [-0.4, -0.2) is 30.6 Å². The number of benzene rings is 2. The number of halogens is 2. The van der Waals surface area contributed by atoms with Crippen molar-refractivity contribution in [1.29, 1.82) is 0 Å². The van der Waals surface area contributed by atoms with Crippen molar-refractivity contribution in [3.63, 3.8) is 0 Å². The average Bonchev–Trinajstić information content (AvgIpc) is 2.68. The summed E-state index contributed by atoms with van der Waals surface area (Å²) in [4.78, 5) is 15.0. The summed E-state index contributed by atoms with van der Waals surface area (Å²) in [5.74, 6) is -2.06. The third-order valence-electron chi connectivity index (χ3n) is 5.33. The number of carbonyl (C=O) groups excluding carboxylic acids is 1. The van der Waals surface area contributed by atoms with Crippen molar-refractivity contribution in [3.8, 4) is 0 Å². The molecule has 1 saturated heterocycles. The highest BCUT2D eigenvalue weighted by Gasteiger charge is 2.43. The quantitative estimate of drug-likeness (QED) is 0.705. The van der Waals surface area contributed by atoms with Crippen LogP contribution in [0.15, 0.2) is 48.5 Å². The van der Waals surface area contributed by atoms with Crippen molar-refractivity contribution in [2.45, 2.75) is 32.7 Å². The van der Waals surface area contributed by atoms with Crippen molar-refractivity contribution in [2.24, 2.45) is 5.41 Å². The molecule has 0 aliphatic carbocycles. The van der Waals surface area contributed by atoms with Crippen LogP contribution in [0.2, 0.25) is 0 Å². The summed E-state index contributed by atoms with van der Waals surface area (Å²) < 4.78 is 33.1. The zero-order valence-electron chi connectivity index (χ0n) is 15.6. The zero-order chi connectivity index (χ0) is 19.3. The minimum atomic E-state index is -0.881. The molecule has 1 aliphatic heterocycles. The van der Waals surface area contributed by atoms with Crippen LogP contribution in [0.4, 0.5) is 8.78 Å². The molecule has 0 radical (unpaired) electrons. The highest BCUT2D eigenvalue weighted by atomic mass is 19.2. The van der Waals surface area contributed by atoms with E-state index in [4.69, 9.17) is 4.74 Å². The molecule has 0 atom stereocenters. The number of piperidine rings is 1. The Balaban J connectivity index is 1.75. The Hall–Kier alpha value is -2.27. The highest BCUT2D eigenvalue weighted by molar-refractivity contribution is 5.77. The van der Waals surface area contributed by atoms with Gasteiger partial charge in [0.1, 0.15) is 0 Å². The first-order chi connectivity index (χ1) is 13.0. The smallest absolute Gasteiger partial charge is 0.312 e. The van der Waals surface area contributed by atoms with Gasteiger partial charge in [-0.15, -0.1) is 0 Å². The van der Waals surface area contributed by atoms with Gasteiger partial charge in [0.2, 0.25) is 0 Å². The molecule has 3 nitrogen and oxygen atoms in total. The number of ether oxygens (including phenoxy) is 1. The van der Waals surface area contributed by atoms with Crippen LogP contribution < -0.4 is 0 Å². The molecule has 2 aromatic carbocycles. The Labute approximate surface area is 158 Å². The van der Waals surface area contributed by atoms with Gasteiger partial charge in [-0.25, -0.2) is 8.78 Å². The van der Waals surface area contributed by atoms with Crippen molar-refractivity contribution in [3.05, 3.63) is 71.3 Å². The van der Waals surface area contributed by atoms with E-state index in [9.17, 15) is 13.6 Å². The maximum Gasteiger partial charge on any atom is 0.312 e. The van der Waals surface area contributed by atoms with Gasteiger partial charge in [-0.3, -0.25) is 9.69 Å². The summed E-state index contributed by atoms with van der Waals surface area (Å²) in [5, 5.41) is 0. The SMILES string of the molecule is CCOC(=O)C1(Cc2cccc(F)c2F)CCN(Cc2ccccc2)CC1. The first-order valence-corrected chi connectivity index (χ1v) is 9.40. The Morgan fingerprint density at radius 3 is 2.44 bits per heavy atom. The van der Waals surface area contributed by atoms with E-state index < -0.39 is 17.0 Å². The van der Waals surface area contributed by atoms with Crippen LogP contribution in [0.1, 0.15) is 30.9 Å². The van der Waals surface area contributed by atoms with Crippen LogP contribution in [0.5, 0.6) is 0 Å². The summed E-state index contributed by atoms with van der Waals surface area (Å²) in [6.07, 6.45) is 1.29. The van der Waals surface area contributed by atoms with E-state index in [0.717, 1.165) is 12.6 Å². The van der Waals surface area contributed by atoms with Crippen LogP contribution in [0.25, 0.3) is 0 Å². The number of carbonyl (C=O) groups is 1. The van der Waals surface area contributed by atoms with Crippen molar-refractivity contribution in [2.75, 3.05) is 19.7 Å². The van der Waals surface area contributed by atoms with Gasteiger partial charge in [-0.1, -0.05) is 42.5 Å². The molecule has 0 saturated carbocycles. The Morgan fingerprint density at radius 1 is 1.07 bits per heavy atom. The number of esters is 1. The normalized spacial score (nSPS) is 16.9. The molecule has 144 valence electrons. The van der Waals surface area contributed by atoms with Gasteiger partial charge in [0.05, 0.1) is 12.0 Å². The molecule has 0 N–H and O–H groups in total.